The van der Waals surface area contributed by atoms with Crippen LogP contribution in [0.15, 0.2) is 64.9 Å². The highest BCUT2D eigenvalue weighted by atomic mass is 35.5. The smallest absolute Gasteiger partial charge is 0.268 e. The molecule has 2 heterocycles. The van der Waals surface area contributed by atoms with Gasteiger partial charge in [-0.25, -0.2) is 8.42 Å². The van der Waals surface area contributed by atoms with E-state index in [1.165, 1.54) is 23.5 Å². The first-order chi connectivity index (χ1) is 13.0. The monoisotopic (exact) mass is 418 g/mol. The van der Waals surface area contributed by atoms with Gasteiger partial charge in [0, 0.05) is 17.9 Å². The van der Waals surface area contributed by atoms with E-state index in [-0.39, 0.29) is 15.8 Å². The number of carbonyl (C=O) groups excluding carboxylic acids is 1. The summed E-state index contributed by atoms with van der Waals surface area (Å²) in [5.74, 6) is -0.0341. The van der Waals surface area contributed by atoms with Gasteiger partial charge in [-0.2, -0.15) is 0 Å². The van der Waals surface area contributed by atoms with Crippen LogP contribution < -0.4 is 9.62 Å². The van der Waals surface area contributed by atoms with Crippen molar-refractivity contribution in [3.8, 4) is 0 Å². The molecular weight excluding hydrogens is 404 g/mol. The van der Waals surface area contributed by atoms with Crippen LogP contribution in [0, 0.1) is 0 Å². The van der Waals surface area contributed by atoms with Crippen molar-refractivity contribution in [3.05, 3.63) is 75.4 Å². The van der Waals surface area contributed by atoms with Gasteiger partial charge in [0.15, 0.2) is 0 Å². The number of benzene rings is 2. The third-order valence-electron chi connectivity index (χ3n) is 4.33. The van der Waals surface area contributed by atoms with Crippen molar-refractivity contribution in [1.82, 2.24) is 0 Å². The summed E-state index contributed by atoms with van der Waals surface area (Å²) in [6.07, 6.45) is 0.675. The first-order valence-corrected chi connectivity index (χ1v) is 11.0. The van der Waals surface area contributed by atoms with Gasteiger partial charge in [-0.1, -0.05) is 29.8 Å². The molecule has 2 aromatic carbocycles. The van der Waals surface area contributed by atoms with Gasteiger partial charge < -0.3 is 4.90 Å². The van der Waals surface area contributed by atoms with Crippen LogP contribution in [0.1, 0.15) is 15.2 Å². The molecule has 0 saturated heterocycles. The average molecular weight is 419 g/mol. The Balaban J connectivity index is 1.60. The van der Waals surface area contributed by atoms with Gasteiger partial charge in [0.2, 0.25) is 0 Å². The minimum absolute atomic E-state index is 0.0293. The van der Waals surface area contributed by atoms with Crippen molar-refractivity contribution >= 4 is 50.2 Å². The number of halogens is 1. The summed E-state index contributed by atoms with van der Waals surface area (Å²) in [6.45, 7) is 0.576. The SMILES string of the molecule is O=C(c1cccs1)N1CCc2cc(NS(=O)(=O)c3ccccc3Cl)ccc21. The fourth-order valence-corrected chi connectivity index (χ4v) is 5.32. The Morgan fingerprint density at radius 2 is 1.93 bits per heavy atom. The molecular formula is C19H15ClN2O3S2. The van der Waals surface area contributed by atoms with E-state index in [1.807, 2.05) is 11.4 Å². The predicted molar refractivity (Wildman–Crippen MR) is 108 cm³/mol. The molecule has 0 fully saturated rings. The highest BCUT2D eigenvalue weighted by molar-refractivity contribution is 7.92. The van der Waals surface area contributed by atoms with E-state index in [2.05, 4.69) is 4.72 Å². The lowest BCUT2D eigenvalue weighted by atomic mass is 10.1. The van der Waals surface area contributed by atoms with Crippen LogP contribution >= 0.6 is 22.9 Å². The molecule has 1 aromatic heterocycles. The van der Waals surface area contributed by atoms with Gasteiger partial charge in [-0.3, -0.25) is 9.52 Å². The largest absolute Gasteiger partial charge is 0.307 e. The number of hydrogen-bond donors (Lipinski definition) is 1. The minimum Gasteiger partial charge on any atom is -0.307 e. The van der Waals surface area contributed by atoms with Crippen LogP contribution in [0.3, 0.4) is 0 Å². The van der Waals surface area contributed by atoms with E-state index in [4.69, 9.17) is 11.6 Å². The topological polar surface area (TPSA) is 66.5 Å². The van der Waals surface area contributed by atoms with Crippen molar-refractivity contribution in [3.63, 3.8) is 0 Å². The van der Waals surface area contributed by atoms with E-state index in [0.717, 1.165) is 11.3 Å². The van der Waals surface area contributed by atoms with E-state index in [1.54, 1.807) is 41.3 Å². The lowest BCUT2D eigenvalue weighted by Crippen LogP contribution is -2.28. The molecule has 5 nitrogen and oxygen atoms in total. The number of amides is 1. The van der Waals surface area contributed by atoms with Crippen molar-refractivity contribution in [1.29, 1.82) is 0 Å². The number of hydrogen-bond acceptors (Lipinski definition) is 4. The average Bonchev–Trinajstić information content (AvgIpc) is 3.31. The van der Waals surface area contributed by atoms with Crippen LogP contribution in [0.2, 0.25) is 5.02 Å². The molecule has 1 N–H and O–H groups in total. The Kier molecular flexibility index (Phi) is 4.67. The van der Waals surface area contributed by atoms with Crippen LogP contribution in [0.4, 0.5) is 11.4 Å². The fourth-order valence-electron chi connectivity index (χ4n) is 3.08. The molecule has 0 spiro atoms. The van der Waals surface area contributed by atoms with E-state index >= 15 is 0 Å². The Morgan fingerprint density at radius 3 is 2.67 bits per heavy atom. The molecule has 0 radical (unpaired) electrons. The Labute approximate surface area is 166 Å². The fraction of sp³-hybridized carbons (Fsp3) is 0.105. The zero-order valence-corrected chi connectivity index (χ0v) is 16.4. The van der Waals surface area contributed by atoms with E-state index < -0.39 is 10.0 Å². The van der Waals surface area contributed by atoms with Crippen LogP contribution in [-0.2, 0) is 16.4 Å². The minimum atomic E-state index is -3.79. The number of fused-ring (bicyclic) bond motifs is 1. The molecule has 0 bridgehead atoms. The maximum absolute atomic E-state index is 12.6. The summed E-state index contributed by atoms with van der Waals surface area (Å²) >= 11 is 7.42. The zero-order valence-electron chi connectivity index (χ0n) is 14.1. The van der Waals surface area contributed by atoms with Crippen molar-refractivity contribution in [2.75, 3.05) is 16.2 Å². The maximum Gasteiger partial charge on any atom is 0.268 e. The second kappa shape index (κ2) is 6.99. The highest BCUT2D eigenvalue weighted by Crippen LogP contribution is 2.33. The van der Waals surface area contributed by atoms with Crippen molar-refractivity contribution in [2.24, 2.45) is 0 Å². The molecule has 1 aliphatic rings. The quantitative estimate of drug-likeness (QED) is 0.682. The number of anilines is 2. The molecule has 8 heteroatoms. The number of thiophene rings is 1. The third-order valence-corrected chi connectivity index (χ3v) is 7.07. The second-order valence-corrected chi connectivity index (χ2v) is 9.07. The first kappa shape index (κ1) is 18.0. The van der Waals surface area contributed by atoms with Crippen LogP contribution in [0.25, 0.3) is 0 Å². The number of rotatable bonds is 4. The second-order valence-electron chi connectivity index (χ2n) is 6.06. The summed E-state index contributed by atoms with van der Waals surface area (Å²) in [5.41, 5.74) is 2.19. The van der Waals surface area contributed by atoms with E-state index in [0.29, 0.717) is 23.5 Å². The van der Waals surface area contributed by atoms with Gasteiger partial charge in [0.25, 0.3) is 15.9 Å². The summed E-state index contributed by atoms with van der Waals surface area (Å²) < 4.78 is 27.7. The summed E-state index contributed by atoms with van der Waals surface area (Å²) in [4.78, 5) is 15.1. The molecule has 4 rings (SSSR count). The first-order valence-electron chi connectivity index (χ1n) is 8.21. The molecule has 1 aliphatic heterocycles. The maximum atomic E-state index is 12.6. The number of nitrogens with one attached hydrogen (secondary N) is 1. The highest BCUT2D eigenvalue weighted by Gasteiger charge is 2.27. The standard InChI is InChI=1S/C19H15ClN2O3S2/c20-15-4-1-2-6-18(15)27(24,25)21-14-7-8-16-13(12-14)9-10-22(16)19(23)17-5-3-11-26-17/h1-8,11-12,21H,9-10H2. The predicted octanol–water partition coefficient (Wildman–Crippen LogP) is 4.41. The molecule has 1 amide bonds. The summed E-state index contributed by atoms with van der Waals surface area (Å²) in [7, 11) is -3.79. The number of sulfonamides is 1. The number of carbonyl (C=O) groups is 1. The van der Waals surface area contributed by atoms with Gasteiger partial charge in [0.05, 0.1) is 9.90 Å². The third kappa shape index (κ3) is 3.45. The molecule has 138 valence electrons. The van der Waals surface area contributed by atoms with Gasteiger partial charge >= 0.3 is 0 Å². The number of nitrogens with zero attached hydrogens (tertiary/aromatic N) is 1. The lowest BCUT2D eigenvalue weighted by Gasteiger charge is -2.17. The van der Waals surface area contributed by atoms with Crippen LogP contribution in [-0.4, -0.2) is 20.9 Å². The van der Waals surface area contributed by atoms with Crippen LogP contribution in [0.5, 0.6) is 0 Å². The Hall–Kier alpha value is -2.35. The Bertz CT molecular complexity index is 1110. The zero-order chi connectivity index (χ0) is 19.0. The molecule has 0 aliphatic carbocycles. The van der Waals surface area contributed by atoms with Crippen molar-refractivity contribution < 1.29 is 13.2 Å². The molecule has 0 saturated carbocycles. The lowest BCUT2D eigenvalue weighted by molar-refractivity contribution is 0.0993. The van der Waals surface area contributed by atoms with Gasteiger partial charge in [-0.05, 0) is 53.8 Å². The Morgan fingerprint density at radius 1 is 1.11 bits per heavy atom. The van der Waals surface area contributed by atoms with Gasteiger partial charge in [0.1, 0.15) is 4.90 Å². The molecule has 3 aromatic rings. The molecule has 0 atom stereocenters. The summed E-state index contributed by atoms with van der Waals surface area (Å²) in [6, 6.07) is 15.1. The van der Waals surface area contributed by atoms with Crippen molar-refractivity contribution in [2.45, 2.75) is 11.3 Å². The van der Waals surface area contributed by atoms with E-state index in [9.17, 15) is 13.2 Å². The normalized spacial score (nSPS) is 13.4. The molecule has 27 heavy (non-hydrogen) atoms. The van der Waals surface area contributed by atoms with Gasteiger partial charge in [-0.15, -0.1) is 11.3 Å². The summed E-state index contributed by atoms with van der Waals surface area (Å²) in [5, 5.41) is 2.04. The molecule has 0 unspecified atom stereocenters.